The summed E-state index contributed by atoms with van der Waals surface area (Å²) in [7, 11) is 0. The molecule has 0 spiro atoms. The lowest BCUT2D eigenvalue weighted by Gasteiger charge is -2.36. The molecule has 0 bridgehead atoms. The van der Waals surface area contributed by atoms with Gasteiger partial charge in [-0.15, -0.1) is 11.3 Å². The molecule has 1 N–H and O–H groups in total. The molecule has 4 nitrogen and oxygen atoms in total. The van der Waals surface area contributed by atoms with Crippen LogP contribution in [0, 0.1) is 0 Å². The number of rotatable bonds is 2. The molecule has 4 aromatic rings. The molecular weight excluding hydrogens is 368 g/mol. The highest BCUT2D eigenvalue weighted by molar-refractivity contribution is 7.10. The van der Waals surface area contributed by atoms with Crippen LogP contribution in [-0.2, 0) is 6.42 Å². The summed E-state index contributed by atoms with van der Waals surface area (Å²) >= 11 is 1.75. The molecule has 5 rings (SSSR count). The molecule has 1 unspecified atom stereocenters. The number of para-hydroxylation sites is 1. The Bertz CT molecular complexity index is 1230. The number of hydrogen-bond donors (Lipinski definition) is 1. The number of benzene rings is 2. The summed E-state index contributed by atoms with van der Waals surface area (Å²) < 4.78 is 0. The zero-order chi connectivity index (χ0) is 19.1. The third-order valence-electron chi connectivity index (χ3n) is 5.32. The molecule has 0 aliphatic carbocycles. The molecule has 2 aromatic heterocycles. The van der Waals surface area contributed by atoms with Gasteiger partial charge in [0.25, 0.3) is 5.91 Å². The lowest BCUT2D eigenvalue weighted by Crippen LogP contribution is -2.40. The van der Waals surface area contributed by atoms with Crippen LogP contribution in [0.25, 0.3) is 10.9 Å². The topological polar surface area (TPSA) is 53.2 Å². The molecule has 1 aliphatic heterocycles. The number of carbonyl (C=O) groups excluding carboxylic acids is 1. The second-order valence-electron chi connectivity index (χ2n) is 6.95. The van der Waals surface area contributed by atoms with Crippen molar-refractivity contribution in [1.82, 2.24) is 9.88 Å². The number of H-pyrrole nitrogens is 1. The van der Waals surface area contributed by atoms with Crippen LogP contribution in [0.5, 0.6) is 0 Å². The van der Waals surface area contributed by atoms with Gasteiger partial charge < -0.3 is 9.88 Å². The van der Waals surface area contributed by atoms with Crippen molar-refractivity contribution in [3.05, 3.63) is 104 Å². The molecule has 1 aliphatic rings. The van der Waals surface area contributed by atoms with Gasteiger partial charge in [-0.05, 0) is 35.1 Å². The number of thiophene rings is 1. The van der Waals surface area contributed by atoms with Crippen LogP contribution in [-0.4, -0.2) is 22.3 Å². The Morgan fingerprint density at radius 1 is 1.04 bits per heavy atom. The highest BCUT2D eigenvalue weighted by atomic mass is 32.1. The molecule has 1 amide bonds. The van der Waals surface area contributed by atoms with E-state index in [1.165, 1.54) is 16.5 Å². The van der Waals surface area contributed by atoms with Crippen LogP contribution in [0.4, 0.5) is 0 Å². The highest BCUT2D eigenvalue weighted by Crippen LogP contribution is 2.38. The molecule has 0 radical (unpaired) electrons. The van der Waals surface area contributed by atoms with Gasteiger partial charge in [0.05, 0.1) is 11.6 Å². The van der Waals surface area contributed by atoms with E-state index in [0.29, 0.717) is 17.6 Å². The van der Waals surface area contributed by atoms with Gasteiger partial charge in [-0.3, -0.25) is 9.59 Å². The number of hydrogen-bond acceptors (Lipinski definition) is 3. The van der Waals surface area contributed by atoms with Crippen LogP contribution >= 0.6 is 11.3 Å². The van der Waals surface area contributed by atoms with Crippen molar-refractivity contribution >= 4 is 28.1 Å². The number of aromatic amines is 1. The van der Waals surface area contributed by atoms with E-state index in [-0.39, 0.29) is 17.5 Å². The summed E-state index contributed by atoms with van der Waals surface area (Å²) in [4.78, 5) is 31.9. The van der Waals surface area contributed by atoms with E-state index in [0.717, 1.165) is 17.4 Å². The molecule has 0 saturated carbocycles. The van der Waals surface area contributed by atoms with Crippen LogP contribution in [0.1, 0.15) is 32.4 Å². The van der Waals surface area contributed by atoms with Crippen molar-refractivity contribution in [3.63, 3.8) is 0 Å². The molecule has 138 valence electrons. The fraction of sp³-hybridized carbons (Fsp3) is 0.130. The minimum atomic E-state index is -0.258. The number of pyridine rings is 1. The second kappa shape index (κ2) is 6.77. The Balaban J connectivity index is 1.66. The van der Waals surface area contributed by atoms with Crippen molar-refractivity contribution in [2.45, 2.75) is 12.5 Å². The van der Waals surface area contributed by atoms with Crippen molar-refractivity contribution in [1.29, 1.82) is 0 Å². The van der Waals surface area contributed by atoms with Crippen LogP contribution in [0.3, 0.4) is 0 Å². The SMILES string of the molecule is O=C(c1cc(=O)[nH]c2ccccc12)N1CCc2sccc2C1c1ccccc1. The van der Waals surface area contributed by atoms with E-state index in [2.05, 4.69) is 28.6 Å². The molecular formula is C23H18N2O2S. The number of nitrogens with one attached hydrogen (secondary N) is 1. The number of amides is 1. The minimum Gasteiger partial charge on any atom is -0.327 e. The average Bonchev–Trinajstić information content (AvgIpc) is 3.21. The van der Waals surface area contributed by atoms with Crippen molar-refractivity contribution in [2.24, 2.45) is 0 Å². The Hall–Kier alpha value is -3.18. The Morgan fingerprint density at radius 2 is 1.82 bits per heavy atom. The van der Waals surface area contributed by atoms with Gasteiger partial charge in [0.2, 0.25) is 5.56 Å². The van der Waals surface area contributed by atoms with Crippen LogP contribution < -0.4 is 5.56 Å². The number of aromatic nitrogens is 1. The molecule has 5 heteroatoms. The van der Waals surface area contributed by atoms with Crippen LogP contribution in [0.15, 0.2) is 76.9 Å². The van der Waals surface area contributed by atoms with Gasteiger partial charge >= 0.3 is 0 Å². The molecule has 0 saturated heterocycles. The predicted octanol–water partition coefficient (Wildman–Crippen LogP) is 4.38. The Labute approximate surface area is 166 Å². The molecule has 28 heavy (non-hydrogen) atoms. The average molecular weight is 386 g/mol. The Morgan fingerprint density at radius 3 is 2.68 bits per heavy atom. The van der Waals surface area contributed by atoms with E-state index in [4.69, 9.17) is 0 Å². The maximum atomic E-state index is 13.7. The monoisotopic (exact) mass is 386 g/mol. The lowest BCUT2D eigenvalue weighted by atomic mass is 9.92. The van der Waals surface area contributed by atoms with E-state index in [9.17, 15) is 9.59 Å². The largest absolute Gasteiger partial charge is 0.327 e. The van der Waals surface area contributed by atoms with E-state index in [1.807, 2.05) is 47.4 Å². The second-order valence-corrected chi connectivity index (χ2v) is 7.95. The van der Waals surface area contributed by atoms with Gasteiger partial charge in [-0.2, -0.15) is 0 Å². The van der Waals surface area contributed by atoms with E-state index >= 15 is 0 Å². The fourth-order valence-electron chi connectivity index (χ4n) is 4.07. The normalized spacial score (nSPS) is 16.1. The summed E-state index contributed by atoms with van der Waals surface area (Å²) in [6.07, 6.45) is 0.837. The van der Waals surface area contributed by atoms with Gasteiger partial charge in [-0.1, -0.05) is 48.5 Å². The van der Waals surface area contributed by atoms with Gasteiger partial charge in [0.1, 0.15) is 0 Å². The van der Waals surface area contributed by atoms with E-state index < -0.39 is 0 Å². The van der Waals surface area contributed by atoms with Crippen LogP contribution in [0.2, 0.25) is 0 Å². The quantitative estimate of drug-likeness (QED) is 0.556. The third kappa shape index (κ3) is 2.75. The smallest absolute Gasteiger partial charge is 0.255 e. The van der Waals surface area contributed by atoms with Crippen molar-refractivity contribution < 1.29 is 4.79 Å². The predicted molar refractivity (Wildman–Crippen MR) is 112 cm³/mol. The van der Waals surface area contributed by atoms with Gasteiger partial charge in [0.15, 0.2) is 0 Å². The zero-order valence-electron chi connectivity index (χ0n) is 15.1. The van der Waals surface area contributed by atoms with Gasteiger partial charge in [0, 0.05) is 28.4 Å². The molecule has 1 atom stereocenters. The highest BCUT2D eigenvalue weighted by Gasteiger charge is 2.33. The summed E-state index contributed by atoms with van der Waals surface area (Å²) in [5.41, 5.74) is 3.16. The summed E-state index contributed by atoms with van der Waals surface area (Å²) in [6.45, 7) is 0.632. The fourth-order valence-corrected chi connectivity index (χ4v) is 4.97. The molecule has 0 fully saturated rings. The zero-order valence-corrected chi connectivity index (χ0v) is 15.9. The third-order valence-corrected chi connectivity index (χ3v) is 6.32. The number of fused-ring (bicyclic) bond motifs is 2. The first-order chi connectivity index (χ1) is 13.7. The maximum Gasteiger partial charge on any atom is 0.255 e. The summed E-state index contributed by atoms with van der Waals surface area (Å²) in [5, 5.41) is 2.87. The summed E-state index contributed by atoms with van der Waals surface area (Å²) in [6, 6.07) is 21.0. The lowest BCUT2D eigenvalue weighted by molar-refractivity contribution is 0.0698. The number of nitrogens with zero attached hydrogens (tertiary/aromatic N) is 1. The van der Waals surface area contributed by atoms with Gasteiger partial charge in [-0.25, -0.2) is 0 Å². The Kier molecular flexibility index (Phi) is 4.10. The molecule has 2 aromatic carbocycles. The first-order valence-corrected chi connectivity index (χ1v) is 10.1. The maximum absolute atomic E-state index is 13.7. The number of carbonyl (C=O) groups is 1. The van der Waals surface area contributed by atoms with E-state index in [1.54, 1.807) is 11.3 Å². The minimum absolute atomic E-state index is 0.104. The molecule has 3 heterocycles. The van der Waals surface area contributed by atoms with Crippen molar-refractivity contribution in [2.75, 3.05) is 6.54 Å². The first-order valence-electron chi connectivity index (χ1n) is 9.26. The van der Waals surface area contributed by atoms with Crippen molar-refractivity contribution in [3.8, 4) is 0 Å². The summed E-state index contributed by atoms with van der Waals surface area (Å²) in [5.74, 6) is -0.104. The first kappa shape index (κ1) is 17.0. The standard InChI is InChI=1S/C23H18N2O2S/c26-21-14-18(16-8-4-5-9-19(16)24-21)23(27)25-12-10-20-17(11-13-28-20)22(25)15-6-2-1-3-7-15/h1-9,11,13-14,22H,10,12H2,(H,24,26).